The first kappa shape index (κ1) is 19.9. The minimum Gasteiger partial charge on any atom is -0.392 e. The second-order valence-corrected chi connectivity index (χ2v) is 9.56. The van der Waals surface area contributed by atoms with Gasteiger partial charge in [-0.3, -0.25) is 0 Å². The van der Waals surface area contributed by atoms with E-state index in [2.05, 4.69) is 13.8 Å². The molecule has 0 amide bonds. The van der Waals surface area contributed by atoms with Gasteiger partial charge in [-0.15, -0.1) is 0 Å². The van der Waals surface area contributed by atoms with E-state index in [1.54, 1.807) is 0 Å². The van der Waals surface area contributed by atoms with Crippen molar-refractivity contribution in [1.82, 2.24) is 0 Å². The molecule has 6 heteroatoms. The molecule has 1 spiro atoms. The van der Waals surface area contributed by atoms with Crippen LogP contribution in [0.3, 0.4) is 0 Å². The van der Waals surface area contributed by atoms with Crippen LogP contribution in [-0.2, 0) is 37.2 Å². The third-order valence-electron chi connectivity index (χ3n) is 7.72. The Balaban J connectivity index is 1.38. The number of hydrogen-bond acceptors (Lipinski definition) is 6. The van der Waals surface area contributed by atoms with Crippen LogP contribution in [0.25, 0.3) is 0 Å². The molecule has 29 heavy (non-hydrogen) atoms. The fourth-order valence-electron chi connectivity index (χ4n) is 5.98. The van der Waals surface area contributed by atoms with E-state index in [0.717, 1.165) is 30.4 Å². The standard InChI is InChI=1S/C23H32O6/c1-14-4-9-19-15(2)20(25-13-17-7-5-16(12-24)6-8-17)26-21-23(19)18(14)10-11-22(3,27-21)28-29-23/h5-8,14-15,18-21,24H,4,9-13H2,1-3H3/t14-,15-,18+,19?,20+,21?,22-,23-/m1/s1. The number of ether oxygens (including phenoxy) is 3. The summed E-state index contributed by atoms with van der Waals surface area (Å²) in [7, 11) is 0. The number of aliphatic hydroxyl groups is 1. The van der Waals surface area contributed by atoms with Crippen LogP contribution in [0.5, 0.6) is 0 Å². The molecule has 1 aliphatic carbocycles. The summed E-state index contributed by atoms with van der Waals surface area (Å²) in [6.07, 6.45) is 3.27. The van der Waals surface area contributed by atoms with Crippen molar-refractivity contribution in [1.29, 1.82) is 0 Å². The van der Waals surface area contributed by atoms with Crippen molar-refractivity contribution in [3.63, 3.8) is 0 Å². The lowest BCUT2D eigenvalue weighted by atomic mass is 9.58. The molecule has 0 radical (unpaired) electrons. The lowest BCUT2D eigenvalue weighted by Gasteiger charge is -2.60. The highest BCUT2D eigenvalue weighted by atomic mass is 17.3. The van der Waals surface area contributed by atoms with E-state index in [4.69, 9.17) is 24.0 Å². The van der Waals surface area contributed by atoms with Gasteiger partial charge in [0, 0.05) is 18.3 Å². The van der Waals surface area contributed by atoms with Crippen LogP contribution in [0.2, 0.25) is 0 Å². The lowest BCUT2D eigenvalue weighted by molar-refractivity contribution is -0.577. The van der Waals surface area contributed by atoms with E-state index in [0.29, 0.717) is 18.4 Å². The maximum absolute atomic E-state index is 9.22. The molecule has 0 aromatic heterocycles. The summed E-state index contributed by atoms with van der Waals surface area (Å²) < 4.78 is 19.0. The molecular formula is C23H32O6. The van der Waals surface area contributed by atoms with Crippen molar-refractivity contribution in [2.45, 2.75) is 83.6 Å². The van der Waals surface area contributed by atoms with Crippen molar-refractivity contribution >= 4 is 0 Å². The second kappa shape index (κ2) is 7.29. The van der Waals surface area contributed by atoms with Crippen LogP contribution >= 0.6 is 0 Å². The van der Waals surface area contributed by atoms with Crippen molar-refractivity contribution in [2.24, 2.45) is 23.7 Å². The SMILES string of the molecule is C[C@@H]1CCC2[C@@H](C)[C@@H](OCc3ccc(CO)cc3)OC3O[C@@]4(C)CC[C@@H]1[C@]32OO4. The average Bonchev–Trinajstić information content (AvgIpc) is 2.96. The van der Waals surface area contributed by atoms with Crippen LogP contribution in [-0.4, -0.2) is 29.1 Å². The lowest BCUT2D eigenvalue weighted by Crippen LogP contribution is -2.70. The van der Waals surface area contributed by atoms with Gasteiger partial charge in [-0.2, -0.15) is 0 Å². The highest BCUT2D eigenvalue weighted by Gasteiger charge is 2.69. The molecule has 1 aromatic carbocycles. The molecule has 6 rings (SSSR count). The first-order valence-electron chi connectivity index (χ1n) is 11.0. The molecule has 5 fully saturated rings. The van der Waals surface area contributed by atoms with E-state index in [1.165, 1.54) is 6.42 Å². The quantitative estimate of drug-likeness (QED) is 0.768. The van der Waals surface area contributed by atoms with Crippen LogP contribution in [0, 0.1) is 23.7 Å². The van der Waals surface area contributed by atoms with Gasteiger partial charge in [-0.05, 0) is 49.1 Å². The minimum absolute atomic E-state index is 0.0487. The summed E-state index contributed by atoms with van der Waals surface area (Å²) in [4.78, 5) is 12.0. The Bertz CT molecular complexity index is 737. The zero-order valence-electron chi connectivity index (χ0n) is 17.5. The number of rotatable bonds is 4. The van der Waals surface area contributed by atoms with Gasteiger partial charge in [-0.25, -0.2) is 9.78 Å². The monoisotopic (exact) mass is 404 g/mol. The van der Waals surface area contributed by atoms with Crippen molar-refractivity contribution in [2.75, 3.05) is 0 Å². The van der Waals surface area contributed by atoms with Crippen molar-refractivity contribution in [3.05, 3.63) is 35.4 Å². The molecular weight excluding hydrogens is 372 g/mol. The summed E-state index contributed by atoms with van der Waals surface area (Å²) in [5.41, 5.74) is 1.41. The van der Waals surface area contributed by atoms with Gasteiger partial charge in [0.05, 0.1) is 13.2 Å². The summed E-state index contributed by atoms with van der Waals surface area (Å²) in [6, 6.07) is 7.82. The maximum atomic E-state index is 9.22. The van der Waals surface area contributed by atoms with Gasteiger partial charge in [0.2, 0.25) is 5.79 Å². The Hall–Kier alpha value is -1.02. The van der Waals surface area contributed by atoms with Crippen LogP contribution < -0.4 is 0 Å². The summed E-state index contributed by atoms with van der Waals surface area (Å²) >= 11 is 0. The summed E-state index contributed by atoms with van der Waals surface area (Å²) in [5, 5.41) is 9.22. The fourth-order valence-corrected chi connectivity index (χ4v) is 5.98. The van der Waals surface area contributed by atoms with Crippen LogP contribution in [0.1, 0.15) is 57.6 Å². The Morgan fingerprint density at radius 2 is 1.79 bits per heavy atom. The van der Waals surface area contributed by atoms with E-state index in [9.17, 15) is 5.11 Å². The Morgan fingerprint density at radius 3 is 2.55 bits per heavy atom. The summed E-state index contributed by atoms with van der Waals surface area (Å²) in [6.45, 7) is 6.97. The molecule has 8 atom stereocenters. The van der Waals surface area contributed by atoms with Crippen LogP contribution in [0.4, 0.5) is 0 Å². The summed E-state index contributed by atoms with van der Waals surface area (Å²) in [5.74, 6) is 0.604. The highest BCUT2D eigenvalue weighted by Crippen LogP contribution is 2.60. The van der Waals surface area contributed by atoms with Gasteiger partial charge in [0.15, 0.2) is 18.2 Å². The van der Waals surface area contributed by atoms with E-state index < -0.39 is 17.7 Å². The number of fused-ring (bicyclic) bond motifs is 2. The Morgan fingerprint density at radius 1 is 1.03 bits per heavy atom. The van der Waals surface area contributed by atoms with Gasteiger partial charge in [0.1, 0.15) is 0 Å². The molecule has 4 aliphatic heterocycles. The fraction of sp³-hybridized carbons (Fsp3) is 0.739. The number of aliphatic hydroxyl groups excluding tert-OH is 1. The molecule has 4 saturated heterocycles. The van der Waals surface area contributed by atoms with E-state index in [-0.39, 0.29) is 24.7 Å². The molecule has 4 heterocycles. The topological polar surface area (TPSA) is 66.4 Å². The smallest absolute Gasteiger partial charge is 0.201 e. The van der Waals surface area contributed by atoms with Crippen LogP contribution in [0.15, 0.2) is 24.3 Å². The van der Waals surface area contributed by atoms with E-state index in [1.807, 2.05) is 31.2 Å². The molecule has 1 N–H and O–H groups in total. The van der Waals surface area contributed by atoms with E-state index >= 15 is 0 Å². The first-order chi connectivity index (χ1) is 13.9. The first-order valence-corrected chi connectivity index (χ1v) is 11.0. The average molecular weight is 405 g/mol. The predicted octanol–water partition coefficient (Wildman–Crippen LogP) is 3.90. The number of hydrogen-bond donors (Lipinski definition) is 1. The van der Waals surface area contributed by atoms with Gasteiger partial charge in [0.25, 0.3) is 0 Å². The van der Waals surface area contributed by atoms with Crippen molar-refractivity contribution < 1.29 is 29.1 Å². The zero-order valence-corrected chi connectivity index (χ0v) is 17.5. The van der Waals surface area contributed by atoms with Gasteiger partial charge < -0.3 is 19.3 Å². The van der Waals surface area contributed by atoms with Gasteiger partial charge >= 0.3 is 0 Å². The normalized spacial score (nSPS) is 46.2. The Labute approximate surface area is 172 Å². The third-order valence-corrected chi connectivity index (χ3v) is 7.72. The highest BCUT2D eigenvalue weighted by molar-refractivity contribution is 5.21. The second-order valence-electron chi connectivity index (χ2n) is 9.56. The number of benzene rings is 1. The zero-order chi connectivity index (χ0) is 20.2. The minimum atomic E-state index is -0.761. The third kappa shape index (κ3) is 3.16. The molecule has 2 unspecified atom stereocenters. The van der Waals surface area contributed by atoms with Crippen molar-refractivity contribution in [3.8, 4) is 0 Å². The molecule has 1 saturated carbocycles. The molecule has 160 valence electrons. The molecule has 2 bridgehead atoms. The molecule has 1 aromatic rings. The predicted molar refractivity (Wildman–Crippen MR) is 104 cm³/mol. The molecule has 5 aliphatic rings. The largest absolute Gasteiger partial charge is 0.392 e. The Kier molecular flexibility index (Phi) is 5.01. The maximum Gasteiger partial charge on any atom is 0.201 e. The molecule has 6 nitrogen and oxygen atoms in total. The van der Waals surface area contributed by atoms with Gasteiger partial charge in [-0.1, -0.05) is 38.1 Å².